The van der Waals surface area contributed by atoms with Gasteiger partial charge in [0.05, 0.1) is 12.1 Å². The van der Waals surface area contributed by atoms with Gasteiger partial charge in [-0.05, 0) is 90.3 Å². The van der Waals surface area contributed by atoms with Gasteiger partial charge in [-0.1, -0.05) is 195 Å². The van der Waals surface area contributed by atoms with Crippen LogP contribution in [0.15, 0.2) is 204 Å². The third-order valence-electron chi connectivity index (χ3n) is 13.1. The van der Waals surface area contributed by atoms with Crippen LogP contribution in [-0.4, -0.2) is 34.7 Å². The molecule has 0 aromatic heterocycles. The summed E-state index contributed by atoms with van der Waals surface area (Å²) in [5.74, 6) is 0.424. The zero-order chi connectivity index (χ0) is 43.0. The van der Waals surface area contributed by atoms with Crippen molar-refractivity contribution in [3.05, 3.63) is 205 Å². The van der Waals surface area contributed by atoms with Crippen molar-refractivity contribution in [3.63, 3.8) is 0 Å². The maximum atomic E-state index is 12.5. The molecule has 1 aliphatic rings. The minimum atomic E-state index is -0.0958. The van der Waals surface area contributed by atoms with Gasteiger partial charge in [-0.2, -0.15) is 0 Å². The molecule has 0 heterocycles. The Morgan fingerprint density at radius 2 is 0.708 bits per heavy atom. The molecular formula is C60H46CoN2O2. The Morgan fingerprint density at radius 3 is 1.11 bits per heavy atom. The Bertz CT molecular complexity index is 3210. The van der Waals surface area contributed by atoms with Crippen LogP contribution in [0.1, 0.15) is 36.8 Å². The molecule has 10 aromatic rings. The van der Waals surface area contributed by atoms with Crippen molar-refractivity contribution in [2.45, 2.75) is 37.8 Å². The second kappa shape index (κ2) is 18.0. The fraction of sp³-hybridized carbons (Fsp3) is 0.100. The van der Waals surface area contributed by atoms with Gasteiger partial charge in [-0.15, -0.1) is 0 Å². The van der Waals surface area contributed by atoms with E-state index in [4.69, 9.17) is 9.98 Å². The molecule has 0 amide bonds. The Balaban J connectivity index is 0.00000498. The summed E-state index contributed by atoms with van der Waals surface area (Å²) in [5.41, 5.74) is 9.27. The normalized spacial score (nSPS) is 15.3. The first-order valence-electron chi connectivity index (χ1n) is 22.3. The van der Waals surface area contributed by atoms with Gasteiger partial charge < -0.3 is 10.2 Å². The summed E-state index contributed by atoms with van der Waals surface area (Å²) < 4.78 is 0. The minimum absolute atomic E-state index is 0. The number of rotatable bonds is 8. The quantitative estimate of drug-likeness (QED) is 0.149. The molecule has 1 radical (unpaired) electrons. The first kappa shape index (κ1) is 41.7. The number of hydrogen-bond acceptors (Lipinski definition) is 4. The average molecular weight is 886 g/mol. The van der Waals surface area contributed by atoms with Gasteiger partial charge in [0.25, 0.3) is 0 Å². The topological polar surface area (TPSA) is 65.2 Å². The summed E-state index contributed by atoms with van der Waals surface area (Å²) in [6, 6.07) is 66.9. The molecule has 0 bridgehead atoms. The second-order valence-corrected chi connectivity index (χ2v) is 16.9. The minimum Gasteiger partial charge on any atom is -0.507 e. The molecule has 4 nitrogen and oxygen atoms in total. The van der Waals surface area contributed by atoms with Crippen LogP contribution >= 0.6 is 0 Å². The molecule has 10 aromatic carbocycles. The maximum Gasteiger partial charge on any atom is 0.132 e. The molecule has 0 saturated heterocycles. The van der Waals surface area contributed by atoms with E-state index >= 15 is 0 Å². The van der Waals surface area contributed by atoms with Crippen molar-refractivity contribution in [3.8, 4) is 56.0 Å². The molecule has 317 valence electrons. The number of phenols is 2. The van der Waals surface area contributed by atoms with Crippen molar-refractivity contribution in [2.75, 3.05) is 0 Å². The molecule has 2 atom stereocenters. The third kappa shape index (κ3) is 7.77. The average Bonchev–Trinajstić information content (AvgIpc) is 3.35. The molecule has 2 N–H and O–H groups in total. The molecular weight excluding hydrogens is 840 g/mol. The largest absolute Gasteiger partial charge is 0.507 e. The van der Waals surface area contributed by atoms with E-state index in [0.29, 0.717) is 11.1 Å². The van der Waals surface area contributed by atoms with Gasteiger partial charge in [0, 0.05) is 62.6 Å². The number of nitrogens with zero attached hydrogens (tertiary/aromatic N) is 2. The Morgan fingerprint density at radius 1 is 0.369 bits per heavy atom. The number of fused-ring (bicyclic) bond motifs is 4. The van der Waals surface area contributed by atoms with Crippen LogP contribution in [0.4, 0.5) is 0 Å². The number of aromatic hydroxyl groups is 2. The van der Waals surface area contributed by atoms with Crippen molar-refractivity contribution in [1.29, 1.82) is 0 Å². The summed E-state index contributed by atoms with van der Waals surface area (Å²) in [4.78, 5) is 10.5. The molecule has 0 unspecified atom stereocenters. The first-order valence-corrected chi connectivity index (χ1v) is 22.3. The van der Waals surface area contributed by atoms with E-state index in [1.807, 2.05) is 48.8 Å². The number of benzene rings is 10. The Hall–Kier alpha value is -7.31. The summed E-state index contributed by atoms with van der Waals surface area (Å²) in [6.07, 6.45) is 7.60. The van der Waals surface area contributed by atoms with Gasteiger partial charge in [-0.25, -0.2) is 0 Å². The second-order valence-electron chi connectivity index (χ2n) is 16.9. The van der Waals surface area contributed by atoms with Crippen molar-refractivity contribution in [2.24, 2.45) is 9.98 Å². The van der Waals surface area contributed by atoms with E-state index in [2.05, 4.69) is 158 Å². The Labute approximate surface area is 389 Å². The van der Waals surface area contributed by atoms with E-state index in [1.54, 1.807) is 0 Å². The van der Waals surface area contributed by atoms with Crippen LogP contribution in [0, 0.1) is 0 Å². The molecule has 1 aliphatic carbocycles. The van der Waals surface area contributed by atoms with Crippen molar-refractivity contribution in [1.82, 2.24) is 0 Å². The van der Waals surface area contributed by atoms with Gasteiger partial charge in [0.1, 0.15) is 11.5 Å². The smallest absolute Gasteiger partial charge is 0.132 e. The van der Waals surface area contributed by atoms with E-state index in [-0.39, 0.29) is 40.4 Å². The van der Waals surface area contributed by atoms with E-state index < -0.39 is 0 Å². The van der Waals surface area contributed by atoms with Crippen molar-refractivity contribution < 1.29 is 27.0 Å². The van der Waals surface area contributed by atoms with Crippen LogP contribution in [0.25, 0.3) is 87.6 Å². The van der Waals surface area contributed by atoms with Gasteiger partial charge in [-0.3, -0.25) is 9.98 Å². The van der Waals surface area contributed by atoms with Crippen molar-refractivity contribution >= 4 is 55.5 Å². The third-order valence-corrected chi connectivity index (χ3v) is 13.1. The standard InChI is InChI=1S/C60H46N2O2.Co/c63-59-45(35-43-23-9-13-27-49(43)57(59)55-47-25-11-7-21-41(47)31-33-51(55)39-17-3-1-4-18-39)37-61-53-29-15-16-30-54(53)62-38-46-36-44-24-10-14-28-50(44)58(60(46)64)56-48-26-12-8-22-42(48)32-34-52(56)40-19-5-2-6-20-40;/h1-14,17-28,31-38,53-54,63-64H,15-16,29-30H2;/t53-,54-;/m1./s1. The van der Waals surface area contributed by atoms with E-state index in [0.717, 1.165) is 113 Å². The van der Waals surface area contributed by atoms with Crippen LogP contribution < -0.4 is 0 Å². The first-order chi connectivity index (χ1) is 31.6. The van der Waals surface area contributed by atoms with Gasteiger partial charge in [0.2, 0.25) is 0 Å². The molecule has 1 saturated carbocycles. The molecule has 0 aliphatic heterocycles. The van der Waals surface area contributed by atoms with E-state index in [1.165, 1.54) is 0 Å². The molecule has 0 spiro atoms. The summed E-state index contributed by atoms with van der Waals surface area (Å²) in [5, 5.41) is 33.4. The Kier molecular flexibility index (Phi) is 11.6. The fourth-order valence-electron chi connectivity index (χ4n) is 10.0. The molecule has 5 heteroatoms. The van der Waals surface area contributed by atoms with Crippen LogP contribution in [-0.2, 0) is 16.8 Å². The molecule has 11 rings (SSSR count). The fourth-order valence-corrected chi connectivity index (χ4v) is 10.0. The SMILES string of the molecule is Oc1c(C=N[C@@H]2CCCC[C@H]2N=Cc2cc3ccccc3c(-c3c(-c4ccccc4)ccc4ccccc34)c2O)cc2ccccc2c1-c1c(-c2ccccc2)ccc2ccccc12.[Co]. The van der Waals surface area contributed by atoms with Gasteiger partial charge in [0.15, 0.2) is 0 Å². The van der Waals surface area contributed by atoms with Crippen LogP contribution in [0.5, 0.6) is 11.5 Å². The number of hydrogen-bond donors (Lipinski definition) is 2. The predicted molar refractivity (Wildman–Crippen MR) is 269 cm³/mol. The van der Waals surface area contributed by atoms with Crippen LogP contribution in [0.3, 0.4) is 0 Å². The molecule has 1 fully saturated rings. The zero-order valence-corrected chi connectivity index (χ0v) is 36.8. The van der Waals surface area contributed by atoms with Gasteiger partial charge >= 0.3 is 0 Å². The van der Waals surface area contributed by atoms with Crippen LogP contribution in [0.2, 0.25) is 0 Å². The maximum absolute atomic E-state index is 12.5. The summed E-state index contributed by atoms with van der Waals surface area (Å²) >= 11 is 0. The number of phenolic OH excluding ortho intramolecular Hbond substituents is 2. The molecule has 65 heavy (non-hydrogen) atoms. The monoisotopic (exact) mass is 885 g/mol. The summed E-state index contributed by atoms with van der Waals surface area (Å²) in [6.45, 7) is 0. The predicted octanol–water partition coefficient (Wildman–Crippen LogP) is 15.2. The number of aliphatic imine (C=N–C) groups is 2. The zero-order valence-electron chi connectivity index (χ0n) is 35.7. The summed E-state index contributed by atoms with van der Waals surface area (Å²) in [7, 11) is 0. The van der Waals surface area contributed by atoms with E-state index in [9.17, 15) is 10.2 Å².